The molecule has 1 unspecified atom stereocenters. The van der Waals surface area contributed by atoms with Crippen LogP contribution < -0.4 is 5.73 Å². The Bertz CT molecular complexity index is 531. The van der Waals surface area contributed by atoms with E-state index in [1.165, 1.54) is 22.9 Å². The van der Waals surface area contributed by atoms with Gasteiger partial charge >= 0.3 is 0 Å². The topological polar surface area (TPSA) is 40.2 Å². The van der Waals surface area contributed by atoms with Crippen molar-refractivity contribution < 1.29 is 4.74 Å². The van der Waals surface area contributed by atoms with Gasteiger partial charge in [0.2, 0.25) is 0 Å². The number of hydrogen-bond donors (Lipinski definition) is 1. The average molecular weight is 274 g/mol. The molecule has 0 spiro atoms. The number of unbranched alkanes of at least 4 members (excludes halogenated alkanes) is 1. The van der Waals surface area contributed by atoms with E-state index >= 15 is 0 Å². The SMILES string of the molecule is CCCCOCCn1ccc2cc(CC(C)N)ccc21. The zero-order valence-corrected chi connectivity index (χ0v) is 12.6. The van der Waals surface area contributed by atoms with Gasteiger partial charge in [-0.25, -0.2) is 0 Å². The Morgan fingerprint density at radius 3 is 2.85 bits per heavy atom. The summed E-state index contributed by atoms with van der Waals surface area (Å²) in [7, 11) is 0. The van der Waals surface area contributed by atoms with Crippen LogP contribution in [0.1, 0.15) is 32.3 Å². The molecule has 2 rings (SSSR count). The van der Waals surface area contributed by atoms with Crippen LogP contribution >= 0.6 is 0 Å². The third kappa shape index (κ3) is 4.09. The molecule has 0 aliphatic heterocycles. The lowest BCUT2D eigenvalue weighted by Gasteiger charge is -2.08. The first-order chi connectivity index (χ1) is 9.70. The highest BCUT2D eigenvalue weighted by molar-refractivity contribution is 5.80. The minimum Gasteiger partial charge on any atom is -0.380 e. The normalized spacial score (nSPS) is 12.9. The molecule has 0 amide bonds. The van der Waals surface area contributed by atoms with Crippen LogP contribution in [0.15, 0.2) is 30.5 Å². The Hall–Kier alpha value is -1.32. The van der Waals surface area contributed by atoms with Crippen LogP contribution in [0.3, 0.4) is 0 Å². The van der Waals surface area contributed by atoms with Crippen molar-refractivity contribution in [1.29, 1.82) is 0 Å². The van der Waals surface area contributed by atoms with Gasteiger partial charge in [-0.2, -0.15) is 0 Å². The van der Waals surface area contributed by atoms with Gasteiger partial charge in [-0.15, -0.1) is 0 Å². The first-order valence-corrected chi connectivity index (χ1v) is 7.62. The predicted octanol–water partition coefficient (Wildman–Crippen LogP) is 3.35. The van der Waals surface area contributed by atoms with Gasteiger partial charge in [-0.05, 0) is 48.9 Å². The fourth-order valence-corrected chi connectivity index (χ4v) is 2.45. The maximum atomic E-state index is 5.86. The summed E-state index contributed by atoms with van der Waals surface area (Å²) >= 11 is 0. The molecule has 1 atom stereocenters. The zero-order valence-electron chi connectivity index (χ0n) is 12.6. The van der Waals surface area contributed by atoms with Crippen molar-refractivity contribution in [2.75, 3.05) is 13.2 Å². The van der Waals surface area contributed by atoms with E-state index in [-0.39, 0.29) is 6.04 Å². The number of fused-ring (bicyclic) bond motifs is 1. The summed E-state index contributed by atoms with van der Waals surface area (Å²) in [6.07, 6.45) is 5.41. The summed E-state index contributed by atoms with van der Waals surface area (Å²) in [5, 5.41) is 1.29. The maximum absolute atomic E-state index is 5.86. The summed E-state index contributed by atoms with van der Waals surface area (Å²) < 4.78 is 7.90. The number of benzene rings is 1. The van der Waals surface area contributed by atoms with E-state index in [9.17, 15) is 0 Å². The van der Waals surface area contributed by atoms with E-state index in [0.717, 1.165) is 32.6 Å². The van der Waals surface area contributed by atoms with Crippen molar-refractivity contribution in [3.63, 3.8) is 0 Å². The van der Waals surface area contributed by atoms with Gasteiger partial charge in [0, 0.05) is 30.9 Å². The summed E-state index contributed by atoms with van der Waals surface area (Å²) in [4.78, 5) is 0. The number of nitrogens with zero attached hydrogens (tertiary/aromatic N) is 1. The molecule has 0 fully saturated rings. The van der Waals surface area contributed by atoms with E-state index in [2.05, 4.69) is 42.0 Å². The number of hydrogen-bond acceptors (Lipinski definition) is 2. The van der Waals surface area contributed by atoms with Crippen LogP contribution in [0.25, 0.3) is 10.9 Å². The Labute approximate surface area is 121 Å². The molecule has 0 aliphatic rings. The molecule has 2 aromatic rings. The summed E-state index contributed by atoms with van der Waals surface area (Å²) in [6.45, 7) is 6.80. The van der Waals surface area contributed by atoms with Gasteiger partial charge < -0.3 is 15.0 Å². The fourth-order valence-electron chi connectivity index (χ4n) is 2.45. The smallest absolute Gasteiger partial charge is 0.0645 e. The predicted molar refractivity (Wildman–Crippen MR) is 85.0 cm³/mol. The van der Waals surface area contributed by atoms with Crippen molar-refractivity contribution >= 4 is 10.9 Å². The minimum absolute atomic E-state index is 0.210. The Kier molecular flexibility index (Phi) is 5.62. The van der Waals surface area contributed by atoms with Crippen LogP contribution in [0.5, 0.6) is 0 Å². The molecule has 110 valence electrons. The standard InChI is InChI=1S/C17H26N2O/c1-3-4-10-20-11-9-19-8-7-16-13-15(12-14(2)18)5-6-17(16)19/h5-8,13-14H,3-4,9-12,18H2,1-2H3. The van der Waals surface area contributed by atoms with Crippen molar-refractivity contribution in [3.8, 4) is 0 Å². The highest BCUT2D eigenvalue weighted by atomic mass is 16.5. The molecule has 20 heavy (non-hydrogen) atoms. The fraction of sp³-hybridized carbons (Fsp3) is 0.529. The summed E-state index contributed by atoms with van der Waals surface area (Å²) in [5.74, 6) is 0. The average Bonchev–Trinajstić information content (AvgIpc) is 2.80. The van der Waals surface area contributed by atoms with Gasteiger partial charge in [0.15, 0.2) is 0 Å². The lowest BCUT2D eigenvalue weighted by Crippen LogP contribution is -2.17. The third-order valence-electron chi connectivity index (χ3n) is 3.51. The lowest BCUT2D eigenvalue weighted by molar-refractivity contribution is 0.124. The molecule has 3 nitrogen and oxygen atoms in total. The number of ether oxygens (including phenoxy) is 1. The molecule has 1 aromatic carbocycles. The van der Waals surface area contributed by atoms with Crippen LogP contribution in [0.2, 0.25) is 0 Å². The van der Waals surface area contributed by atoms with E-state index < -0.39 is 0 Å². The van der Waals surface area contributed by atoms with Crippen LogP contribution in [0.4, 0.5) is 0 Å². The van der Waals surface area contributed by atoms with Gasteiger partial charge in [0.1, 0.15) is 0 Å². The molecular formula is C17H26N2O. The number of aromatic nitrogens is 1. The summed E-state index contributed by atoms with van der Waals surface area (Å²) in [6, 6.07) is 9.00. The van der Waals surface area contributed by atoms with Crippen molar-refractivity contribution in [2.45, 2.75) is 45.7 Å². The lowest BCUT2D eigenvalue weighted by atomic mass is 10.1. The van der Waals surface area contributed by atoms with E-state index in [1.807, 2.05) is 6.92 Å². The van der Waals surface area contributed by atoms with E-state index in [1.54, 1.807) is 0 Å². The third-order valence-corrected chi connectivity index (χ3v) is 3.51. The second kappa shape index (κ2) is 7.46. The maximum Gasteiger partial charge on any atom is 0.0645 e. The van der Waals surface area contributed by atoms with Crippen molar-refractivity contribution in [2.24, 2.45) is 5.73 Å². The molecule has 0 saturated carbocycles. The monoisotopic (exact) mass is 274 g/mol. The zero-order chi connectivity index (χ0) is 14.4. The molecule has 0 bridgehead atoms. The van der Waals surface area contributed by atoms with Gasteiger partial charge in [0.25, 0.3) is 0 Å². The largest absolute Gasteiger partial charge is 0.380 e. The van der Waals surface area contributed by atoms with Crippen LogP contribution in [-0.2, 0) is 17.7 Å². The Morgan fingerprint density at radius 1 is 1.25 bits per heavy atom. The van der Waals surface area contributed by atoms with Crippen molar-refractivity contribution in [3.05, 3.63) is 36.0 Å². The second-order valence-corrected chi connectivity index (χ2v) is 5.55. The minimum atomic E-state index is 0.210. The highest BCUT2D eigenvalue weighted by Crippen LogP contribution is 2.18. The van der Waals surface area contributed by atoms with E-state index in [0.29, 0.717) is 0 Å². The second-order valence-electron chi connectivity index (χ2n) is 5.55. The van der Waals surface area contributed by atoms with Gasteiger partial charge in [0.05, 0.1) is 6.61 Å². The molecule has 0 aliphatic carbocycles. The van der Waals surface area contributed by atoms with Gasteiger partial charge in [-0.1, -0.05) is 19.4 Å². The molecule has 2 N–H and O–H groups in total. The first kappa shape index (κ1) is 15.1. The molecule has 1 aromatic heterocycles. The quantitative estimate of drug-likeness (QED) is 0.750. The molecule has 0 radical (unpaired) electrons. The van der Waals surface area contributed by atoms with E-state index in [4.69, 9.17) is 10.5 Å². The van der Waals surface area contributed by atoms with Gasteiger partial charge in [-0.3, -0.25) is 0 Å². The number of rotatable bonds is 8. The highest BCUT2D eigenvalue weighted by Gasteiger charge is 2.04. The van der Waals surface area contributed by atoms with Crippen LogP contribution in [-0.4, -0.2) is 23.8 Å². The Balaban J connectivity index is 1.97. The van der Waals surface area contributed by atoms with Crippen molar-refractivity contribution in [1.82, 2.24) is 4.57 Å². The van der Waals surface area contributed by atoms with Crippen LogP contribution in [0, 0.1) is 0 Å². The molecule has 0 saturated heterocycles. The molecular weight excluding hydrogens is 248 g/mol. The molecule has 3 heteroatoms. The Morgan fingerprint density at radius 2 is 2.10 bits per heavy atom. The first-order valence-electron chi connectivity index (χ1n) is 7.62. The number of nitrogens with two attached hydrogens (primary N) is 1. The molecule has 1 heterocycles. The summed E-state index contributed by atoms with van der Waals surface area (Å²) in [5.41, 5.74) is 8.44.